The number of carboxylic acids is 1. The third kappa shape index (κ3) is 7.04. The number of hydrogen-bond donors (Lipinski definition) is 2. The lowest BCUT2D eigenvalue weighted by Crippen LogP contribution is -2.13. The molecule has 0 saturated carbocycles. The Balaban J connectivity index is 0.00000420. The zero-order valence-corrected chi connectivity index (χ0v) is 16.6. The molecule has 29 heavy (non-hydrogen) atoms. The Morgan fingerprint density at radius 2 is 1.59 bits per heavy atom. The van der Waals surface area contributed by atoms with Crippen molar-refractivity contribution in [3.05, 3.63) is 59.7 Å². The van der Waals surface area contributed by atoms with Crippen LogP contribution in [0.2, 0.25) is 0 Å². The van der Waals surface area contributed by atoms with Gasteiger partial charge in [0, 0.05) is 6.08 Å². The van der Waals surface area contributed by atoms with Crippen LogP contribution in [-0.4, -0.2) is 36.2 Å². The molecule has 0 bridgehead atoms. The van der Waals surface area contributed by atoms with Crippen molar-refractivity contribution in [3.8, 4) is 0 Å². The zero-order valence-electron chi connectivity index (χ0n) is 16.6. The van der Waals surface area contributed by atoms with Crippen LogP contribution in [0.25, 0.3) is 10.8 Å². The van der Waals surface area contributed by atoms with Crippen LogP contribution in [0.1, 0.15) is 53.3 Å². The largest absolute Gasteiger partial charge is 0.478 e. The van der Waals surface area contributed by atoms with Crippen molar-refractivity contribution in [1.29, 1.82) is 0 Å². The Morgan fingerprint density at radius 3 is 2.24 bits per heavy atom. The lowest BCUT2D eigenvalue weighted by atomic mass is 9.99. The lowest BCUT2D eigenvalue weighted by Gasteiger charge is -2.10. The lowest BCUT2D eigenvalue weighted by molar-refractivity contribution is -0.137. The van der Waals surface area contributed by atoms with E-state index in [9.17, 15) is 19.5 Å². The number of fused-ring (bicyclic) bond motifs is 1. The van der Waals surface area contributed by atoms with Gasteiger partial charge in [-0.3, -0.25) is 0 Å². The van der Waals surface area contributed by atoms with Crippen LogP contribution in [0.4, 0.5) is 0 Å². The summed E-state index contributed by atoms with van der Waals surface area (Å²) in [6.07, 6.45) is 6.05. The third-order valence-corrected chi connectivity index (χ3v) is 4.18. The summed E-state index contributed by atoms with van der Waals surface area (Å²) >= 11 is 0. The van der Waals surface area contributed by atoms with Crippen LogP contribution in [0.3, 0.4) is 0 Å². The fourth-order valence-electron chi connectivity index (χ4n) is 2.82. The van der Waals surface area contributed by atoms with Crippen LogP contribution < -0.4 is 6.15 Å². The SMILES string of the molecule is CC=CC(=O)OCCCCCCOC(=O)c1c(C(=O)O)ccc2ccccc12.N. The van der Waals surface area contributed by atoms with Gasteiger partial charge in [0.15, 0.2) is 0 Å². The van der Waals surface area contributed by atoms with Gasteiger partial charge in [0.1, 0.15) is 0 Å². The molecule has 0 spiro atoms. The van der Waals surface area contributed by atoms with Gasteiger partial charge in [-0.25, -0.2) is 14.4 Å². The highest BCUT2D eigenvalue weighted by Gasteiger charge is 2.20. The van der Waals surface area contributed by atoms with Gasteiger partial charge in [-0.15, -0.1) is 0 Å². The summed E-state index contributed by atoms with van der Waals surface area (Å²) in [5, 5.41) is 10.7. The number of rotatable bonds is 10. The number of allylic oxidation sites excluding steroid dienone is 1. The third-order valence-electron chi connectivity index (χ3n) is 4.18. The number of unbranched alkanes of at least 4 members (excludes halogenated alkanes) is 3. The van der Waals surface area contributed by atoms with Crippen molar-refractivity contribution in [2.45, 2.75) is 32.6 Å². The fraction of sp³-hybridized carbons (Fsp3) is 0.318. The maximum atomic E-state index is 12.5. The zero-order chi connectivity index (χ0) is 20.4. The molecule has 0 aliphatic heterocycles. The molecule has 0 aliphatic carbocycles. The smallest absolute Gasteiger partial charge is 0.339 e. The highest BCUT2D eigenvalue weighted by Crippen LogP contribution is 2.23. The van der Waals surface area contributed by atoms with E-state index in [1.807, 2.05) is 12.1 Å². The van der Waals surface area contributed by atoms with E-state index in [1.54, 1.807) is 31.2 Å². The molecule has 156 valence electrons. The summed E-state index contributed by atoms with van der Waals surface area (Å²) in [7, 11) is 0. The Bertz CT molecular complexity index is 875. The first-order valence-electron chi connectivity index (χ1n) is 9.26. The topological polar surface area (TPSA) is 125 Å². The molecule has 0 fully saturated rings. The van der Waals surface area contributed by atoms with Gasteiger partial charge in [-0.2, -0.15) is 0 Å². The van der Waals surface area contributed by atoms with E-state index in [4.69, 9.17) is 9.47 Å². The van der Waals surface area contributed by atoms with Crippen molar-refractivity contribution in [1.82, 2.24) is 6.15 Å². The first kappa shape index (κ1) is 23.8. The van der Waals surface area contributed by atoms with Crippen LogP contribution in [-0.2, 0) is 14.3 Å². The highest BCUT2D eigenvalue weighted by atomic mass is 16.5. The molecule has 2 aromatic rings. The molecule has 7 heteroatoms. The number of esters is 2. The van der Waals surface area contributed by atoms with Crippen molar-refractivity contribution in [2.24, 2.45) is 0 Å². The van der Waals surface area contributed by atoms with Crippen LogP contribution in [0, 0.1) is 0 Å². The number of carboxylic acid groups (broad SMARTS) is 1. The second-order valence-corrected chi connectivity index (χ2v) is 6.23. The number of carbonyl (C=O) groups excluding carboxylic acids is 2. The van der Waals surface area contributed by atoms with E-state index < -0.39 is 11.9 Å². The Hall–Kier alpha value is -3.19. The highest BCUT2D eigenvalue weighted by molar-refractivity contribution is 6.12. The monoisotopic (exact) mass is 401 g/mol. The van der Waals surface area contributed by atoms with E-state index >= 15 is 0 Å². The predicted molar refractivity (Wildman–Crippen MR) is 110 cm³/mol. The number of hydrogen-bond acceptors (Lipinski definition) is 6. The van der Waals surface area contributed by atoms with Crippen molar-refractivity contribution in [3.63, 3.8) is 0 Å². The van der Waals surface area contributed by atoms with Crippen molar-refractivity contribution in [2.75, 3.05) is 13.2 Å². The molecule has 0 heterocycles. The summed E-state index contributed by atoms with van der Waals surface area (Å²) < 4.78 is 10.3. The standard InChI is InChI=1S/C22H24O6.H3N/c1-2-9-19(23)27-14-7-3-4-8-15-28-22(26)20-17-11-6-5-10-16(17)12-13-18(20)21(24)25;/h2,5-6,9-13H,3-4,7-8,14-15H2,1H3,(H,24,25);1H3. The molecule has 4 N–H and O–H groups in total. The molecular formula is C22H27NO6. The molecule has 0 aromatic heterocycles. The quantitative estimate of drug-likeness (QED) is 0.340. The van der Waals surface area contributed by atoms with Crippen molar-refractivity contribution < 1.29 is 29.0 Å². The van der Waals surface area contributed by atoms with Gasteiger partial charge < -0.3 is 20.7 Å². The van der Waals surface area contributed by atoms with Gasteiger partial charge in [0.2, 0.25) is 0 Å². The molecule has 0 radical (unpaired) electrons. The summed E-state index contributed by atoms with van der Waals surface area (Å²) in [6, 6.07) is 10.2. The van der Waals surface area contributed by atoms with E-state index in [-0.39, 0.29) is 29.9 Å². The Kier molecular flexibility index (Phi) is 10.1. The van der Waals surface area contributed by atoms with Gasteiger partial charge in [0.25, 0.3) is 0 Å². The molecule has 2 rings (SSSR count). The summed E-state index contributed by atoms with van der Waals surface area (Å²) in [5.41, 5.74) is 0.0214. The van der Waals surface area contributed by atoms with E-state index in [0.29, 0.717) is 18.4 Å². The molecule has 2 aromatic carbocycles. The first-order chi connectivity index (χ1) is 13.5. The average Bonchev–Trinajstić information content (AvgIpc) is 2.69. The predicted octanol–water partition coefficient (Wildman–Crippen LogP) is 4.54. The second kappa shape index (κ2) is 12.3. The van der Waals surface area contributed by atoms with Crippen molar-refractivity contribution >= 4 is 28.7 Å². The molecule has 7 nitrogen and oxygen atoms in total. The second-order valence-electron chi connectivity index (χ2n) is 6.23. The maximum Gasteiger partial charge on any atom is 0.339 e. The molecule has 0 saturated heterocycles. The average molecular weight is 401 g/mol. The molecule has 0 amide bonds. The molecular weight excluding hydrogens is 374 g/mol. The minimum atomic E-state index is -1.16. The van der Waals surface area contributed by atoms with Gasteiger partial charge in [-0.1, -0.05) is 36.4 Å². The van der Waals surface area contributed by atoms with Crippen LogP contribution in [0.15, 0.2) is 48.6 Å². The van der Waals surface area contributed by atoms with E-state index in [1.165, 1.54) is 12.1 Å². The van der Waals surface area contributed by atoms with Crippen LogP contribution >= 0.6 is 0 Å². The fourth-order valence-corrected chi connectivity index (χ4v) is 2.82. The Labute approximate surface area is 169 Å². The molecule has 0 atom stereocenters. The molecule has 0 unspecified atom stereocenters. The number of ether oxygens (including phenoxy) is 2. The normalized spacial score (nSPS) is 10.5. The first-order valence-corrected chi connectivity index (χ1v) is 9.26. The number of carbonyl (C=O) groups is 3. The maximum absolute atomic E-state index is 12.5. The summed E-state index contributed by atoms with van der Waals surface area (Å²) in [6.45, 7) is 2.32. The minimum absolute atomic E-state index is 0. The van der Waals surface area contributed by atoms with Gasteiger partial charge in [0.05, 0.1) is 24.3 Å². The number of benzene rings is 2. The molecule has 0 aliphatic rings. The number of aromatic carboxylic acids is 1. The van der Waals surface area contributed by atoms with E-state index in [2.05, 4.69) is 0 Å². The minimum Gasteiger partial charge on any atom is -0.478 e. The van der Waals surface area contributed by atoms with E-state index in [0.717, 1.165) is 24.6 Å². The van der Waals surface area contributed by atoms with Crippen LogP contribution in [0.5, 0.6) is 0 Å². The summed E-state index contributed by atoms with van der Waals surface area (Å²) in [5.74, 6) is -2.14. The van der Waals surface area contributed by atoms with Gasteiger partial charge in [-0.05, 0) is 49.4 Å². The van der Waals surface area contributed by atoms with Gasteiger partial charge >= 0.3 is 17.9 Å². The Morgan fingerprint density at radius 1 is 0.931 bits per heavy atom. The summed E-state index contributed by atoms with van der Waals surface area (Å²) in [4.78, 5) is 35.1.